The van der Waals surface area contributed by atoms with E-state index in [1.807, 2.05) is 19.1 Å². The van der Waals surface area contributed by atoms with Crippen molar-refractivity contribution in [1.82, 2.24) is 25.4 Å². The van der Waals surface area contributed by atoms with Gasteiger partial charge >= 0.3 is 0 Å². The molecule has 2 fully saturated rings. The van der Waals surface area contributed by atoms with Crippen LogP contribution in [0.15, 0.2) is 72.9 Å². The SMILES string of the molecule is Cc1nnc(N[C@H](C)c2cccc(C(F)F)c2F)c2cc(-c3ccc(F)c(CN4CCC(c5ccc([C@@]6(C)CCCNC6)cc5)CC4)c3)ncc12. The highest BCUT2D eigenvalue weighted by atomic mass is 19.3. The van der Waals surface area contributed by atoms with Crippen LogP contribution in [-0.2, 0) is 12.0 Å². The van der Waals surface area contributed by atoms with Gasteiger partial charge in [-0.1, -0.05) is 49.4 Å². The zero-order chi connectivity index (χ0) is 35.7. The minimum absolute atomic E-state index is 0.101. The zero-order valence-electron chi connectivity index (χ0n) is 29.3. The summed E-state index contributed by atoms with van der Waals surface area (Å²) in [6.45, 7) is 10.3. The Kier molecular flexibility index (Phi) is 10.1. The molecule has 2 aliphatic rings. The largest absolute Gasteiger partial charge is 0.361 e. The summed E-state index contributed by atoms with van der Waals surface area (Å²) >= 11 is 0. The molecule has 2 N–H and O–H groups in total. The van der Waals surface area contributed by atoms with E-state index < -0.39 is 23.8 Å². The van der Waals surface area contributed by atoms with Crippen LogP contribution in [0.3, 0.4) is 0 Å². The number of pyridine rings is 1. The smallest absolute Gasteiger partial charge is 0.266 e. The molecular weight excluding hydrogens is 652 g/mol. The first-order valence-corrected chi connectivity index (χ1v) is 17.9. The van der Waals surface area contributed by atoms with Crippen molar-refractivity contribution in [3.8, 4) is 11.3 Å². The van der Waals surface area contributed by atoms with Crippen LogP contribution in [0.4, 0.5) is 23.4 Å². The maximum atomic E-state index is 15.2. The fraction of sp³-hybridized carbons (Fsp3) is 0.390. The van der Waals surface area contributed by atoms with E-state index in [0.717, 1.165) is 56.0 Å². The summed E-state index contributed by atoms with van der Waals surface area (Å²) in [4.78, 5) is 7.00. The van der Waals surface area contributed by atoms with Crippen LogP contribution in [0.5, 0.6) is 0 Å². The van der Waals surface area contributed by atoms with Gasteiger partial charge in [0, 0.05) is 52.2 Å². The fourth-order valence-electron chi connectivity index (χ4n) is 7.77. The number of piperidine rings is 2. The molecular formula is C41H44F4N6. The molecule has 0 amide bonds. The van der Waals surface area contributed by atoms with Crippen molar-refractivity contribution in [2.45, 2.75) is 76.8 Å². The van der Waals surface area contributed by atoms with E-state index in [1.54, 1.807) is 19.2 Å². The number of fused-ring (bicyclic) bond motifs is 1. The van der Waals surface area contributed by atoms with Crippen LogP contribution in [0.25, 0.3) is 22.0 Å². The van der Waals surface area contributed by atoms with Gasteiger partial charge in [0.2, 0.25) is 0 Å². The molecule has 6 nitrogen and oxygen atoms in total. The summed E-state index contributed by atoms with van der Waals surface area (Å²) < 4.78 is 56.9. The summed E-state index contributed by atoms with van der Waals surface area (Å²) in [5.41, 5.74) is 5.09. The van der Waals surface area contributed by atoms with Gasteiger partial charge in [0.05, 0.1) is 23.0 Å². The van der Waals surface area contributed by atoms with Crippen molar-refractivity contribution in [1.29, 1.82) is 0 Å². The first-order chi connectivity index (χ1) is 24.6. The summed E-state index contributed by atoms with van der Waals surface area (Å²) in [6.07, 6.45) is 3.25. The molecule has 4 heterocycles. The topological polar surface area (TPSA) is 66.0 Å². The van der Waals surface area contributed by atoms with Gasteiger partial charge in [-0.05, 0) is 100 Å². The normalized spacial score (nSPS) is 19.5. The molecule has 7 rings (SSSR count). The molecule has 2 atom stereocenters. The Morgan fingerprint density at radius 1 is 0.961 bits per heavy atom. The average Bonchev–Trinajstić information content (AvgIpc) is 3.14. The first-order valence-electron chi connectivity index (χ1n) is 17.9. The molecule has 0 bridgehead atoms. The van der Waals surface area contributed by atoms with Crippen LogP contribution >= 0.6 is 0 Å². The number of halogens is 4. The number of nitrogens with one attached hydrogen (secondary N) is 2. The summed E-state index contributed by atoms with van der Waals surface area (Å²) in [5.74, 6) is -0.340. The van der Waals surface area contributed by atoms with Crippen LogP contribution in [-0.4, -0.2) is 46.3 Å². The number of likely N-dealkylation sites (tertiary alicyclic amines) is 1. The van der Waals surface area contributed by atoms with Gasteiger partial charge in [0.25, 0.3) is 6.43 Å². The van der Waals surface area contributed by atoms with Gasteiger partial charge in [0.1, 0.15) is 11.6 Å². The summed E-state index contributed by atoms with van der Waals surface area (Å²) in [7, 11) is 0. The number of nitrogens with zero attached hydrogens (tertiary/aromatic N) is 4. The molecule has 0 aliphatic carbocycles. The molecule has 2 aromatic heterocycles. The second-order valence-electron chi connectivity index (χ2n) is 14.5. The van der Waals surface area contributed by atoms with Gasteiger partial charge in [-0.25, -0.2) is 17.6 Å². The van der Waals surface area contributed by atoms with Crippen molar-refractivity contribution >= 4 is 16.6 Å². The van der Waals surface area contributed by atoms with Gasteiger partial charge in [-0.2, -0.15) is 5.10 Å². The Bertz CT molecular complexity index is 2000. The second-order valence-corrected chi connectivity index (χ2v) is 14.5. The number of rotatable bonds is 9. The molecule has 0 saturated carbocycles. The molecule has 266 valence electrons. The standard InChI is InChI=1S/C41H44F4N6/c1-25(32-6-4-7-33(38(32)43)39(44)45)48-40-34-21-37(47-22-35(34)26(2)49-50-40)29-10-13-36(42)30(20-29)23-51-18-14-28(15-19-51)27-8-11-31(12-9-27)41(3)16-5-17-46-24-41/h4,6-13,20-22,25,28,39,46H,5,14-19,23-24H2,1-3H3,(H,48,50)/t25-,41+/m1/s1. The van der Waals surface area contributed by atoms with Gasteiger partial charge < -0.3 is 10.6 Å². The number of aromatic nitrogens is 3. The minimum Gasteiger partial charge on any atom is -0.361 e. The van der Waals surface area contributed by atoms with Crippen molar-refractivity contribution in [3.05, 3.63) is 118 Å². The fourth-order valence-corrected chi connectivity index (χ4v) is 7.77. The third-order valence-corrected chi connectivity index (χ3v) is 11.0. The van der Waals surface area contributed by atoms with Crippen LogP contribution in [0.2, 0.25) is 0 Å². The zero-order valence-corrected chi connectivity index (χ0v) is 29.3. The Morgan fingerprint density at radius 3 is 2.45 bits per heavy atom. The lowest BCUT2D eigenvalue weighted by atomic mass is 9.76. The van der Waals surface area contributed by atoms with E-state index in [9.17, 15) is 13.2 Å². The van der Waals surface area contributed by atoms with Crippen molar-refractivity contribution in [3.63, 3.8) is 0 Å². The Balaban J connectivity index is 1.05. The lowest BCUT2D eigenvalue weighted by molar-refractivity contribution is 0.146. The average molecular weight is 697 g/mol. The molecule has 0 spiro atoms. The van der Waals surface area contributed by atoms with Crippen LogP contribution in [0.1, 0.15) is 91.4 Å². The lowest BCUT2D eigenvalue weighted by Gasteiger charge is -2.35. The van der Waals surface area contributed by atoms with Gasteiger partial charge in [0.15, 0.2) is 5.82 Å². The molecule has 0 unspecified atom stereocenters. The Morgan fingerprint density at radius 2 is 1.73 bits per heavy atom. The minimum atomic E-state index is -2.92. The highest BCUT2D eigenvalue weighted by Gasteiger charge is 2.29. The van der Waals surface area contributed by atoms with Crippen LogP contribution in [0, 0.1) is 18.6 Å². The second kappa shape index (κ2) is 14.7. The number of aryl methyl sites for hydroxylation is 1. The molecule has 51 heavy (non-hydrogen) atoms. The maximum absolute atomic E-state index is 15.2. The number of hydrogen-bond acceptors (Lipinski definition) is 6. The van der Waals surface area contributed by atoms with Crippen LogP contribution < -0.4 is 10.6 Å². The van der Waals surface area contributed by atoms with Crippen molar-refractivity contribution in [2.24, 2.45) is 0 Å². The first kappa shape index (κ1) is 35.0. The van der Waals surface area contributed by atoms with E-state index in [1.165, 1.54) is 42.2 Å². The molecule has 2 saturated heterocycles. The number of benzene rings is 3. The molecule has 2 aliphatic heterocycles. The monoisotopic (exact) mass is 696 g/mol. The number of hydrogen-bond donors (Lipinski definition) is 2. The highest BCUT2D eigenvalue weighted by Crippen LogP contribution is 2.35. The predicted molar refractivity (Wildman–Crippen MR) is 194 cm³/mol. The molecule has 3 aromatic carbocycles. The molecule has 10 heteroatoms. The number of alkyl halides is 2. The van der Waals surface area contributed by atoms with E-state index in [-0.39, 0.29) is 16.8 Å². The summed E-state index contributed by atoms with van der Waals surface area (Å²) in [5, 5.41) is 16.7. The van der Waals surface area contributed by atoms with E-state index >= 15 is 4.39 Å². The quantitative estimate of drug-likeness (QED) is 0.150. The Hall–Kier alpha value is -4.41. The van der Waals surface area contributed by atoms with Gasteiger partial charge in [-0.3, -0.25) is 9.88 Å². The molecule has 5 aromatic rings. The van der Waals surface area contributed by atoms with Gasteiger partial charge in [-0.15, -0.1) is 5.10 Å². The van der Waals surface area contributed by atoms with Crippen molar-refractivity contribution in [2.75, 3.05) is 31.5 Å². The third kappa shape index (κ3) is 7.35. The Labute approximate surface area is 296 Å². The summed E-state index contributed by atoms with van der Waals surface area (Å²) in [6, 6.07) is 19.5. The molecule has 0 radical (unpaired) electrons. The van der Waals surface area contributed by atoms with E-state index in [2.05, 4.69) is 61.9 Å². The van der Waals surface area contributed by atoms with E-state index in [4.69, 9.17) is 0 Å². The lowest BCUT2D eigenvalue weighted by Crippen LogP contribution is -2.41. The predicted octanol–water partition coefficient (Wildman–Crippen LogP) is 9.41. The third-order valence-electron chi connectivity index (χ3n) is 11.0. The van der Waals surface area contributed by atoms with E-state index in [0.29, 0.717) is 40.6 Å². The highest BCUT2D eigenvalue weighted by molar-refractivity contribution is 5.94. The maximum Gasteiger partial charge on any atom is 0.266 e. The number of anilines is 1. The van der Waals surface area contributed by atoms with Crippen molar-refractivity contribution < 1.29 is 17.6 Å².